The van der Waals surface area contributed by atoms with Gasteiger partial charge in [0.05, 0.1) is 0 Å². The molecule has 0 spiro atoms. The van der Waals surface area contributed by atoms with E-state index in [1.807, 2.05) is 11.3 Å². The van der Waals surface area contributed by atoms with Crippen molar-refractivity contribution in [3.8, 4) is 0 Å². The molecule has 0 aliphatic heterocycles. The van der Waals surface area contributed by atoms with E-state index in [0.717, 1.165) is 13.0 Å². The van der Waals surface area contributed by atoms with Gasteiger partial charge >= 0.3 is 0 Å². The Labute approximate surface area is 94.9 Å². The van der Waals surface area contributed by atoms with Crippen molar-refractivity contribution in [2.45, 2.75) is 26.2 Å². The zero-order chi connectivity index (χ0) is 10.8. The fourth-order valence-corrected chi connectivity index (χ4v) is 3.14. The van der Waals surface area contributed by atoms with Gasteiger partial charge in [0, 0.05) is 4.70 Å². The summed E-state index contributed by atoms with van der Waals surface area (Å²) in [4.78, 5) is 0. The van der Waals surface area contributed by atoms with Gasteiger partial charge in [-0.2, -0.15) is 0 Å². The molecule has 0 amide bonds. The van der Waals surface area contributed by atoms with E-state index in [0.29, 0.717) is 5.92 Å². The normalized spacial score (nSPS) is 11.5. The lowest BCUT2D eigenvalue weighted by atomic mass is 9.97. The third-order valence-electron chi connectivity index (χ3n) is 2.75. The Bertz CT molecular complexity index is 457. The van der Waals surface area contributed by atoms with Crippen LogP contribution in [-0.2, 0) is 6.42 Å². The van der Waals surface area contributed by atoms with E-state index in [-0.39, 0.29) is 0 Å². The molecule has 15 heavy (non-hydrogen) atoms. The largest absolute Gasteiger partial charge is 0.330 e. The monoisotopic (exact) mass is 219 g/mol. The molecule has 2 N–H and O–H groups in total. The van der Waals surface area contributed by atoms with Crippen LogP contribution in [0.3, 0.4) is 0 Å². The van der Waals surface area contributed by atoms with Gasteiger partial charge in [-0.3, -0.25) is 0 Å². The molecular formula is C13H17NS. The number of nitrogens with two attached hydrogens (primary N) is 1. The summed E-state index contributed by atoms with van der Waals surface area (Å²) in [5.41, 5.74) is 8.52. The number of hydrogen-bond donors (Lipinski definition) is 1. The van der Waals surface area contributed by atoms with Crippen molar-refractivity contribution in [1.29, 1.82) is 0 Å². The molecule has 2 heteroatoms. The van der Waals surface area contributed by atoms with Gasteiger partial charge in [-0.15, -0.1) is 11.3 Å². The Morgan fingerprint density at radius 2 is 2.13 bits per heavy atom. The minimum Gasteiger partial charge on any atom is -0.330 e. The Hall–Kier alpha value is -0.860. The summed E-state index contributed by atoms with van der Waals surface area (Å²) in [6.07, 6.45) is 0.980. The topological polar surface area (TPSA) is 26.0 Å². The fraction of sp³-hybridized carbons (Fsp3) is 0.385. The zero-order valence-electron chi connectivity index (χ0n) is 9.29. The minimum atomic E-state index is 0.595. The van der Waals surface area contributed by atoms with Crippen LogP contribution < -0.4 is 5.73 Å². The first-order valence-corrected chi connectivity index (χ1v) is 6.31. The van der Waals surface area contributed by atoms with Crippen LogP contribution in [0, 0.1) is 0 Å². The van der Waals surface area contributed by atoms with Crippen molar-refractivity contribution in [2.24, 2.45) is 5.73 Å². The standard InChI is InChI=1S/C13H17NS/c1-9(2)11-8-15-12-5-3-4-10(6-7-14)13(11)12/h3-5,8-9H,6-7,14H2,1-2H3. The lowest BCUT2D eigenvalue weighted by Crippen LogP contribution is -2.03. The van der Waals surface area contributed by atoms with Crippen molar-refractivity contribution in [2.75, 3.05) is 6.54 Å². The summed E-state index contributed by atoms with van der Waals surface area (Å²) in [6.45, 7) is 5.23. The Kier molecular flexibility index (Phi) is 3.08. The maximum atomic E-state index is 5.65. The molecule has 1 heterocycles. The van der Waals surface area contributed by atoms with Crippen molar-refractivity contribution in [3.63, 3.8) is 0 Å². The smallest absolute Gasteiger partial charge is 0.0348 e. The molecule has 1 nitrogen and oxygen atoms in total. The molecule has 0 fully saturated rings. The maximum absolute atomic E-state index is 5.65. The predicted octanol–water partition coefficient (Wildman–Crippen LogP) is 3.53. The van der Waals surface area contributed by atoms with Crippen molar-refractivity contribution in [1.82, 2.24) is 0 Å². The van der Waals surface area contributed by atoms with Crippen molar-refractivity contribution >= 4 is 21.4 Å². The van der Waals surface area contributed by atoms with Gasteiger partial charge in [-0.1, -0.05) is 26.0 Å². The molecule has 0 radical (unpaired) electrons. The second-order valence-electron chi connectivity index (χ2n) is 4.17. The van der Waals surface area contributed by atoms with E-state index in [1.165, 1.54) is 21.2 Å². The van der Waals surface area contributed by atoms with Gasteiger partial charge in [0.2, 0.25) is 0 Å². The SMILES string of the molecule is CC(C)c1csc2cccc(CCN)c12. The van der Waals surface area contributed by atoms with Gasteiger partial charge in [-0.05, 0) is 46.8 Å². The zero-order valence-corrected chi connectivity index (χ0v) is 10.1. The van der Waals surface area contributed by atoms with E-state index >= 15 is 0 Å². The third kappa shape index (κ3) is 1.92. The molecule has 2 aromatic rings. The molecule has 0 aliphatic carbocycles. The average molecular weight is 219 g/mol. The highest BCUT2D eigenvalue weighted by atomic mass is 32.1. The second-order valence-corrected chi connectivity index (χ2v) is 5.09. The number of fused-ring (bicyclic) bond motifs is 1. The molecule has 0 saturated heterocycles. The molecule has 0 aliphatic rings. The van der Waals surface area contributed by atoms with Gasteiger partial charge in [0.1, 0.15) is 0 Å². The first-order valence-electron chi connectivity index (χ1n) is 5.43. The number of rotatable bonds is 3. The highest BCUT2D eigenvalue weighted by Gasteiger charge is 2.10. The van der Waals surface area contributed by atoms with Crippen LogP contribution in [0.15, 0.2) is 23.6 Å². The van der Waals surface area contributed by atoms with Gasteiger partial charge < -0.3 is 5.73 Å². The molecule has 1 aromatic carbocycles. The Morgan fingerprint density at radius 3 is 2.80 bits per heavy atom. The molecule has 0 bridgehead atoms. The summed E-state index contributed by atoms with van der Waals surface area (Å²) in [6, 6.07) is 6.54. The van der Waals surface area contributed by atoms with Gasteiger partial charge in [-0.25, -0.2) is 0 Å². The van der Waals surface area contributed by atoms with Crippen LogP contribution in [-0.4, -0.2) is 6.54 Å². The quantitative estimate of drug-likeness (QED) is 0.839. The van der Waals surface area contributed by atoms with Crippen LogP contribution in [0.5, 0.6) is 0 Å². The molecular weight excluding hydrogens is 202 g/mol. The first-order chi connectivity index (χ1) is 7.24. The van der Waals surface area contributed by atoms with Crippen LogP contribution >= 0.6 is 11.3 Å². The second kappa shape index (κ2) is 4.33. The minimum absolute atomic E-state index is 0.595. The number of hydrogen-bond acceptors (Lipinski definition) is 2. The van der Waals surface area contributed by atoms with Crippen LogP contribution in [0.1, 0.15) is 30.9 Å². The fourth-order valence-electron chi connectivity index (χ4n) is 1.98. The summed E-state index contributed by atoms with van der Waals surface area (Å²) >= 11 is 1.84. The van der Waals surface area contributed by atoms with Crippen molar-refractivity contribution in [3.05, 3.63) is 34.7 Å². The van der Waals surface area contributed by atoms with Gasteiger partial charge in [0.25, 0.3) is 0 Å². The third-order valence-corrected chi connectivity index (χ3v) is 3.72. The molecule has 0 atom stereocenters. The molecule has 1 aromatic heterocycles. The predicted molar refractivity (Wildman–Crippen MR) is 68.7 cm³/mol. The van der Waals surface area contributed by atoms with E-state index in [1.54, 1.807) is 0 Å². The summed E-state index contributed by atoms with van der Waals surface area (Å²) in [5, 5.41) is 3.73. The Balaban J connectivity index is 2.63. The lowest BCUT2D eigenvalue weighted by Gasteiger charge is -2.07. The van der Waals surface area contributed by atoms with Gasteiger partial charge in [0.15, 0.2) is 0 Å². The molecule has 0 unspecified atom stereocenters. The van der Waals surface area contributed by atoms with E-state index in [2.05, 4.69) is 37.4 Å². The van der Waals surface area contributed by atoms with E-state index < -0.39 is 0 Å². The number of thiophene rings is 1. The average Bonchev–Trinajstić information content (AvgIpc) is 2.62. The van der Waals surface area contributed by atoms with E-state index in [9.17, 15) is 0 Å². The van der Waals surface area contributed by atoms with Crippen LogP contribution in [0.4, 0.5) is 0 Å². The Morgan fingerprint density at radius 1 is 1.33 bits per heavy atom. The number of benzene rings is 1. The van der Waals surface area contributed by atoms with Crippen molar-refractivity contribution < 1.29 is 0 Å². The van der Waals surface area contributed by atoms with E-state index in [4.69, 9.17) is 5.73 Å². The highest BCUT2D eigenvalue weighted by Crippen LogP contribution is 2.33. The summed E-state index contributed by atoms with van der Waals surface area (Å²) in [5.74, 6) is 0.595. The highest BCUT2D eigenvalue weighted by molar-refractivity contribution is 7.17. The lowest BCUT2D eigenvalue weighted by molar-refractivity contribution is 0.877. The molecule has 2 rings (SSSR count). The maximum Gasteiger partial charge on any atom is 0.0348 e. The van der Waals surface area contributed by atoms with Crippen LogP contribution in [0.25, 0.3) is 10.1 Å². The summed E-state index contributed by atoms with van der Waals surface area (Å²) in [7, 11) is 0. The molecule has 0 saturated carbocycles. The van der Waals surface area contributed by atoms with Crippen LogP contribution in [0.2, 0.25) is 0 Å². The first kappa shape index (κ1) is 10.7. The molecule has 80 valence electrons. The summed E-state index contributed by atoms with van der Waals surface area (Å²) < 4.78 is 1.39.